The van der Waals surface area contributed by atoms with E-state index in [9.17, 15) is 4.79 Å². The van der Waals surface area contributed by atoms with E-state index in [-0.39, 0.29) is 11.8 Å². The monoisotopic (exact) mass is 342 g/mol. The number of rotatable bonds is 4. The largest absolute Gasteiger partial charge is 0.355 e. The number of carbonyl (C=O) groups is 1. The van der Waals surface area contributed by atoms with Crippen LogP contribution in [0.2, 0.25) is 0 Å². The van der Waals surface area contributed by atoms with Crippen molar-refractivity contribution >= 4 is 28.7 Å². The predicted octanol–water partition coefficient (Wildman–Crippen LogP) is 1.72. The number of piperidine rings is 1. The fourth-order valence-corrected chi connectivity index (χ4v) is 3.63. The molecule has 0 spiro atoms. The number of aromatic nitrogens is 4. The standard InChI is InChI=1S/C16H18N6OS/c23-16(17-10-13-2-1-9-24-13)12-5-7-21(8-6-12)15-4-3-14-19-18-11-22(14)20-15/h1-4,9,11-12H,5-8,10H2,(H,17,23). The number of hydrogen-bond donors (Lipinski definition) is 1. The highest BCUT2D eigenvalue weighted by atomic mass is 32.1. The van der Waals surface area contributed by atoms with Crippen molar-refractivity contribution in [2.24, 2.45) is 5.92 Å². The molecule has 1 aliphatic heterocycles. The van der Waals surface area contributed by atoms with Gasteiger partial charge in [-0.15, -0.1) is 26.6 Å². The first-order valence-corrected chi connectivity index (χ1v) is 8.90. The normalized spacial score (nSPS) is 15.8. The molecule has 0 saturated carbocycles. The van der Waals surface area contributed by atoms with Gasteiger partial charge in [-0.1, -0.05) is 6.07 Å². The number of nitrogens with one attached hydrogen (secondary N) is 1. The summed E-state index contributed by atoms with van der Waals surface area (Å²) in [6, 6.07) is 7.92. The number of carbonyl (C=O) groups excluding carboxylic acids is 1. The fraction of sp³-hybridized carbons (Fsp3) is 0.375. The zero-order valence-corrected chi connectivity index (χ0v) is 13.9. The van der Waals surface area contributed by atoms with E-state index in [1.807, 2.05) is 29.6 Å². The topological polar surface area (TPSA) is 75.4 Å². The molecule has 3 aromatic rings. The van der Waals surface area contributed by atoms with E-state index < -0.39 is 0 Å². The molecule has 124 valence electrons. The Kier molecular flexibility index (Phi) is 4.12. The van der Waals surface area contributed by atoms with Crippen molar-refractivity contribution in [3.8, 4) is 0 Å². The highest BCUT2D eigenvalue weighted by Crippen LogP contribution is 2.22. The van der Waals surface area contributed by atoms with Crippen LogP contribution in [0.3, 0.4) is 0 Å². The molecule has 0 bridgehead atoms. The second-order valence-electron chi connectivity index (χ2n) is 5.88. The Morgan fingerprint density at radius 3 is 2.96 bits per heavy atom. The number of amides is 1. The maximum Gasteiger partial charge on any atom is 0.223 e. The third-order valence-electron chi connectivity index (χ3n) is 4.35. The van der Waals surface area contributed by atoms with Crippen molar-refractivity contribution in [3.05, 3.63) is 40.8 Å². The van der Waals surface area contributed by atoms with E-state index in [0.717, 1.165) is 37.4 Å². The number of hydrogen-bond acceptors (Lipinski definition) is 6. The molecule has 1 fully saturated rings. The Bertz CT molecular complexity index is 822. The summed E-state index contributed by atoms with van der Waals surface area (Å²) in [5.41, 5.74) is 0.738. The third-order valence-corrected chi connectivity index (χ3v) is 5.23. The molecular weight excluding hydrogens is 324 g/mol. The lowest BCUT2D eigenvalue weighted by Crippen LogP contribution is -2.40. The van der Waals surface area contributed by atoms with Crippen molar-refractivity contribution in [1.82, 2.24) is 25.1 Å². The van der Waals surface area contributed by atoms with Crippen LogP contribution in [0.1, 0.15) is 17.7 Å². The molecule has 0 radical (unpaired) electrons. The van der Waals surface area contributed by atoms with E-state index in [4.69, 9.17) is 0 Å². The summed E-state index contributed by atoms with van der Waals surface area (Å²) in [6.45, 7) is 2.29. The van der Waals surface area contributed by atoms with Crippen LogP contribution in [0.4, 0.5) is 5.82 Å². The molecule has 1 N–H and O–H groups in total. The molecule has 7 nitrogen and oxygen atoms in total. The second kappa shape index (κ2) is 6.56. The summed E-state index contributed by atoms with van der Waals surface area (Å²) < 4.78 is 1.68. The van der Waals surface area contributed by atoms with Crippen molar-refractivity contribution in [2.75, 3.05) is 18.0 Å². The molecule has 0 aromatic carbocycles. The average Bonchev–Trinajstić information content (AvgIpc) is 3.30. The quantitative estimate of drug-likeness (QED) is 0.781. The Labute approximate surface area is 143 Å². The van der Waals surface area contributed by atoms with Crippen LogP contribution in [-0.2, 0) is 11.3 Å². The van der Waals surface area contributed by atoms with Crippen molar-refractivity contribution in [1.29, 1.82) is 0 Å². The maximum absolute atomic E-state index is 12.3. The molecule has 0 aliphatic carbocycles. The molecular formula is C16H18N6OS. The summed E-state index contributed by atoms with van der Waals surface area (Å²) in [6.07, 6.45) is 3.29. The summed E-state index contributed by atoms with van der Waals surface area (Å²) in [5.74, 6) is 1.14. The summed E-state index contributed by atoms with van der Waals surface area (Å²) >= 11 is 1.67. The highest BCUT2D eigenvalue weighted by Gasteiger charge is 2.25. The molecule has 0 unspecified atom stereocenters. The molecule has 1 amide bonds. The van der Waals surface area contributed by atoms with Crippen LogP contribution in [0.15, 0.2) is 36.0 Å². The van der Waals surface area contributed by atoms with Gasteiger partial charge in [0.15, 0.2) is 5.65 Å². The van der Waals surface area contributed by atoms with E-state index in [0.29, 0.717) is 6.54 Å². The zero-order valence-electron chi connectivity index (χ0n) is 13.1. The SMILES string of the molecule is O=C(NCc1cccs1)C1CCN(c2ccc3nncn3n2)CC1. The molecule has 4 heterocycles. The van der Waals surface area contributed by atoms with Crippen LogP contribution in [0.5, 0.6) is 0 Å². The lowest BCUT2D eigenvalue weighted by atomic mass is 9.96. The second-order valence-corrected chi connectivity index (χ2v) is 6.92. The molecule has 8 heteroatoms. The van der Waals surface area contributed by atoms with Gasteiger partial charge in [0.1, 0.15) is 12.1 Å². The zero-order chi connectivity index (χ0) is 16.4. The smallest absolute Gasteiger partial charge is 0.223 e. The van der Waals surface area contributed by atoms with Gasteiger partial charge < -0.3 is 10.2 Å². The van der Waals surface area contributed by atoms with Crippen LogP contribution in [0.25, 0.3) is 5.65 Å². The van der Waals surface area contributed by atoms with Crippen LogP contribution < -0.4 is 10.2 Å². The minimum absolute atomic E-state index is 0.0832. The van der Waals surface area contributed by atoms with Crippen LogP contribution in [0, 0.1) is 5.92 Å². The van der Waals surface area contributed by atoms with E-state index >= 15 is 0 Å². The summed E-state index contributed by atoms with van der Waals surface area (Å²) in [7, 11) is 0. The first kappa shape index (κ1) is 15.1. The minimum atomic E-state index is 0.0832. The van der Waals surface area contributed by atoms with Gasteiger partial charge in [-0.2, -0.15) is 4.52 Å². The predicted molar refractivity (Wildman–Crippen MR) is 91.9 cm³/mol. The molecule has 3 aromatic heterocycles. The third kappa shape index (κ3) is 3.09. The highest BCUT2D eigenvalue weighted by molar-refractivity contribution is 7.09. The number of thiophene rings is 1. The first-order valence-electron chi connectivity index (χ1n) is 8.02. The van der Waals surface area contributed by atoms with E-state index in [2.05, 4.69) is 25.5 Å². The summed E-state index contributed by atoms with van der Waals surface area (Å²) in [5, 5.41) is 17.4. The van der Waals surface area contributed by atoms with Gasteiger partial charge in [0.2, 0.25) is 5.91 Å². The van der Waals surface area contributed by atoms with Gasteiger partial charge in [-0.05, 0) is 36.4 Å². The molecule has 24 heavy (non-hydrogen) atoms. The van der Waals surface area contributed by atoms with E-state index in [1.54, 1.807) is 22.2 Å². The maximum atomic E-state index is 12.3. The Morgan fingerprint density at radius 2 is 2.17 bits per heavy atom. The van der Waals surface area contributed by atoms with Crippen LogP contribution in [-0.4, -0.2) is 38.8 Å². The molecule has 1 aliphatic rings. The van der Waals surface area contributed by atoms with Crippen molar-refractivity contribution in [3.63, 3.8) is 0 Å². The first-order chi connectivity index (χ1) is 11.8. The van der Waals surface area contributed by atoms with Gasteiger partial charge >= 0.3 is 0 Å². The van der Waals surface area contributed by atoms with Gasteiger partial charge in [0.05, 0.1) is 6.54 Å². The Hall–Kier alpha value is -2.48. The Balaban J connectivity index is 1.33. The van der Waals surface area contributed by atoms with Crippen molar-refractivity contribution < 1.29 is 4.79 Å². The lowest BCUT2D eigenvalue weighted by Gasteiger charge is -2.31. The molecule has 4 rings (SSSR count). The fourth-order valence-electron chi connectivity index (χ4n) is 2.99. The van der Waals surface area contributed by atoms with Crippen LogP contribution >= 0.6 is 11.3 Å². The van der Waals surface area contributed by atoms with E-state index in [1.165, 1.54) is 4.88 Å². The van der Waals surface area contributed by atoms with Gasteiger partial charge in [-0.3, -0.25) is 4.79 Å². The average molecular weight is 342 g/mol. The molecule has 0 atom stereocenters. The molecule has 1 saturated heterocycles. The lowest BCUT2D eigenvalue weighted by molar-refractivity contribution is -0.125. The van der Waals surface area contributed by atoms with Crippen molar-refractivity contribution in [2.45, 2.75) is 19.4 Å². The van der Waals surface area contributed by atoms with Gasteiger partial charge in [0, 0.05) is 23.9 Å². The number of anilines is 1. The van der Waals surface area contributed by atoms with Gasteiger partial charge in [0.25, 0.3) is 0 Å². The Morgan fingerprint density at radius 1 is 1.29 bits per heavy atom. The number of nitrogens with zero attached hydrogens (tertiary/aromatic N) is 5. The minimum Gasteiger partial charge on any atom is -0.355 e. The summed E-state index contributed by atoms with van der Waals surface area (Å²) in [4.78, 5) is 15.7. The number of fused-ring (bicyclic) bond motifs is 1. The van der Waals surface area contributed by atoms with Gasteiger partial charge in [-0.25, -0.2) is 0 Å².